The predicted molar refractivity (Wildman–Crippen MR) is 146 cm³/mol. The zero-order valence-corrected chi connectivity index (χ0v) is 20.7. The van der Waals surface area contributed by atoms with Crippen LogP contribution < -0.4 is 20.3 Å². The number of hydrogen-bond acceptors (Lipinski definition) is 7. The van der Waals surface area contributed by atoms with Crippen molar-refractivity contribution in [3.8, 4) is 17.0 Å². The van der Waals surface area contributed by atoms with E-state index in [0.717, 1.165) is 60.2 Å². The van der Waals surface area contributed by atoms with Crippen LogP contribution in [-0.2, 0) is 16.0 Å². The van der Waals surface area contributed by atoms with Crippen LogP contribution >= 0.6 is 0 Å². The first-order chi connectivity index (χ1) is 18.2. The van der Waals surface area contributed by atoms with E-state index in [1.165, 1.54) is 5.69 Å². The molecule has 0 atom stereocenters. The van der Waals surface area contributed by atoms with Gasteiger partial charge >= 0.3 is 0 Å². The number of methoxy groups -OCH3 is 1. The zero-order valence-electron chi connectivity index (χ0n) is 20.7. The number of carbonyl (C=O) groups is 1. The summed E-state index contributed by atoms with van der Waals surface area (Å²) in [5.74, 6) is 1.21. The maximum atomic E-state index is 12.4. The largest absolute Gasteiger partial charge is 0.497 e. The van der Waals surface area contributed by atoms with Crippen LogP contribution in [0.4, 0.5) is 23.0 Å². The number of carbonyl (C=O) groups excluding carboxylic acids is 1. The molecule has 1 saturated heterocycles. The molecule has 4 aromatic rings. The maximum absolute atomic E-state index is 12.4. The molecule has 1 aliphatic heterocycles. The second-order valence-electron chi connectivity index (χ2n) is 8.69. The van der Waals surface area contributed by atoms with Gasteiger partial charge in [-0.2, -0.15) is 0 Å². The summed E-state index contributed by atoms with van der Waals surface area (Å²) in [5.41, 5.74) is 5.48. The Morgan fingerprint density at radius 3 is 2.32 bits per heavy atom. The SMILES string of the molecule is COc1ccc(CC(=O)Nc2ccc(-c3ccnc(Nc4ccc(N5CCOCC5)cc4)n3)cc2)cc1. The van der Waals surface area contributed by atoms with Gasteiger partial charge in [-0.25, -0.2) is 9.97 Å². The quantitative estimate of drug-likeness (QED) is 0.359. The number of amides is 1. The van der Waals surface area contributed by atoms with Crippen LogP contribution in [0.15, 0.2) is 85.1 Å². The standard InChI is InChI=1S/C29H29N5O3/c1-36-26-12-2-21(3-13-26)20-28(35)31-23-6-4-22(5-7-23)27-14-15-30-29(33-27)32-24-8-10-25(11-9-24)34-16-18-37-19-17-34/h2-15H,16-20H2,1H3,(H,31,35)(H,30,32,33). The number of anilines is 4. The van der Waals surface area contributed by atoms with Crippen molar-refractivity contribution in [3.63, 3.8) is 0 Å². The molecule has 0 spiro atoms. The Bertz CT molecular complexity index is 1320. The zero-order chi connectivity index (χ0) is 25.5. The second-order valence-corrected chi connectivity index (χ2v) is 8.69. The normalized spacial score (nSPS) is 13.2. The lowest BCUT2D eigenvalue weighted by Crippen LogP contribution is -2.36. The Morgan fingerprint density at radius 2 is 1.62 bits per heavy atom. The number of ether oxygens (including phenoxy) is 2. The van der Waals surface area contributed by atoms with Crippen LogP contribution in [0.2, 0.25) is 0 Å². The van der Waals surface area contributed by atoms with Crippen molar-refractivity contribution in [2.45, 2.75) is 6.42 Å². The number of morpholine rings is 1. The van der Waals surface area contributed by atoms with Crippen molar-refractivity contribution in [2.24, 2.45) is 0 Å². The summed E-state index contributed by atoms with van der Waals surface area (Å²) in [4.78, 5) is 23.8. The van der Waals surface area contributed by atoms with Gasteiger partial charge in [-0.3, -0.25) is 4.79 Å². The molecule has 3 aromatic carbocycles. The highest BCUT2D eigenvalue weighted by molar-refractivity contribution is 5.92. The van der Waals surface area contributed by atoms with Gasteiger partial charge in [0.1, 0.15) is 5.75 Å². The molecule has 8 heteroatoms. The fourth-order valence-corrected chi connectivity index (χ4v) is 4.14. The van der Waals surface area contributed by atoms with E-state index in [0.29, 0.717) is 12.4 Å². The first kappa shape index (κ1) is 24.3. The topological polar surface area (TPSA) is 88.6 Å². The molecule has 0 saturated carbocycles. The molecule has 8 nitrogen and oxygen atoms in total. The highest BCUT2D eigenvalue weighted by Crippen LogP contribution is 2.24. The van der Waals surface area contributed by atoms with Gasteiger partial charge in [0, 0.05) is 41.9 Å². The monoisotopic (exact) mass is 495 g/mol. The Hall–Kier alpha value is -4.43. The van der Waals surface area contributed by atoms with Crippen LogP contribution in [0, 0.1) is 0 Å². The minimum absolute atomic E-state index is 0.0777. The van der Waals surface area contributed by atoms with Crippen molar-refractivity contribution < 1.29 is 14.3 Å². The average Bonchev–Trinajstić information content (AvgIpc) is 2.95. The number of rotatable bonds is 8. The number of aromatic nitrogens is 2. The molecule has 1 amide bonds. The molecule has 0 radical (unpaired) electrons. The molecular formula is C29H29N5O3. The molecule has 0 unspecified atom stereocenters. The van der Waals surface area contributed by atoms with Gasteiger partial charge < -0.3 is 25.0 Å². The molecule has 0 aliphatic carbocycles. The molecule has 0 bridgehead atoms. The number of nitrogens with one attached hydrogen (secondary N) is 2. The lowest BCUT2D eigenvalue weighted by Gasteiger charge is -2.28. The molecule has 1 aromatic heterocycles. The smallest absolute Gasteiger partial charge is 0.228 e. The van der Waals surface area contributed by atoms with E-state index in [4.69, 9.17) is 9.47 Å². The minimum Gasteiger partial charge on any atom is -0.497 e. The maximum Gasteiger partial charge on any atom is 0.228 e. The van der Waals surface area contributed by atoms with Crippen LogP contribution in [0.5, 0.6) is 5.75 Å². The fraction of sp³-hybridized carbons (Fsp3) is 0.207. The summed E-state index contributed by atoms with van der Waals surface area (Å²) in [6.07, 6.45) is 2.03. The number of hydrogen-bond donors (Lipinski definition) is 2. The molecule has 2 N–H and O–H groups in total. The van der Waals surface area contributed by atoms with Gasteiger partial charge in [0.15, 0.2) is 0 Å². The van der Waals surface area contributed by atoms with Crippen LogP contribution in [0.3, 0.4) is 0 Å². The molecular weight excluding hydrogens is 466 g/mol. The van der Waals surface area contributed by atoms with Crippen molar-refractivity contribution in [3.05, 3.63) is 90.6 Å². The molecule has 188 valence electrons. The number of benzene rings is 3. The number of nitrogens with zero attached hydrogens (tertiary/aromatic N) is 3. The second kappa shape index (κ2) is 11.5. The van der Waals surface area contributed by atoms with Crippen molar-refractivity contribution in [1.82, 2.24) is 9.97 Å². The van der Waals surface area contributed by atoms with Gasteiger partial charge in [0.25, 0.3) is 0 Å². The first-order valence-electron chi connectivity index (χ1n) is 12.2. The third-order valence-electron chi connectivity index (χ3n) is 6.14. The van der Waals surface area contributed by atoms with Crippen molar-refractivity contribution in [2.75, 3.05) is 48.9 Å². The van der Waals surface area contributed by atoms with Crippen molar-refractivity contribution >= 4 is 28.9 Å². The van der Waals surface area contributed by atoms with E-state index in [1.54, 1.807) is 13.3 Å². The lowest BCUT2D eigenvalue weighted by molar-refractivity contribution is -0.115. The van der Waals surface area contributed by atoms with Gasteiger partial charge in [0.05, 0.1) is 32.4 Å². The van der Waals surface area contributed by atoms with Crippen molar-refractivity contribution in [1.29, 1.82) is 0 Å². The van der Waals surface area contributed by atoms with Crippen LogP contribution in [-0.4, -0.2) is 49.3 Å². The predicted octanol–water partition coefficient (Wildman–Crippen LogP) is 4.91. The molecule has 1 fully saturated rings. The van der Waals surface area contributed by atoms with E-state index < -0.39 is 0 Å². The Kier molecular flexibility index (Phi) is 7.57. The van der Waals surface area contributed by atoms with E-state index in [9.17, 15) is 4.79 Å². The molecule has 1 aliphatic rings. The third kappa shape index (κ3) is 6.42. The third-order valence-corrected chi connectivity index (χ3v) is 6.14. The lowest BCUT2D eigenvalue weighted by atomic mass is 10.1. The summed E-state index contributed by atoms with van der Waals surface area (Å²) in [6.45, 7) is 3.33. The summed E-state index contributed by atoms with van der Waals surface area (Å²) in [5, 5.41) is 6.23. The summed E-state index contributed by atoms with van der Waals surface area (Å²) in [6, 6.07) is 25.2. The minimum atomic E-state index is -0.0777. The Labute approximate surface area is 216 Å². The average molecular weight is 496 g/mol. The summed E-state index contributed by atoms with van der Waals surface area (Å²) >= 11 is 0. The fourth-order valence-electron chi connectivity index (χ4n) is 4.14. The highest BCUT2D eigenvalue weighted by Gasteiger charge is 2.11. The van der Waals surface area contributed by atoms with E-state index >= 15 is 0 Å². The van der Waals surface area contributed by atoms with E-state index in [-0.39, 0.29) is 5.91 Å². The Balaban J connectivity index is 1.19. The Morgan fingerprint density at radius 1 is 0.919 bits per heavy atom. The van der Waals surface area contributed by atoms with Gasteiger partial charge in [0.2, 0.25) is 11.9 Å². The molecule has 2 heterocycles. The van der Waals surface area contributed by atoms with Gasteiger partial charge in [-0.15, -0.1) is 0 Å². The van der Waals surface area contributed by atoms with E-state index in [1.807, 2.05) is 66.7 Å². The highest BCUT2D eigenvalue weighted by atomic mass is 16.5. The van der Waals surface area contributed by atoms with E-state index in [2.05, 4.69) is 37.6 Å². The summed E-state index contributed by atoms with van der Waals surface area (Å²) in [7, 11) is 1.62. The van der Waals surface area contributed by atoms with Crippen LogP contribution in [0.25, 0.3) is 11.3 Å². The first-order valence-corrected chi connectivity index (χ1v) is 12.2. The van der Waals surface area contributed by atoms with Gasteiger partial charge in [-0.05, 0) is 60.2 Å². The van der Waals surface area contributed by atoms with Gasteiger partial charge in [-0.1, -0.05) is 24.3 Å². The van der Waals surface area contributed by atoms with Crippen LogP contribution in [0.1, 0.15) is 5.56 Å². The molecule has 5 rings (SSSR count). The molecule has 37 heavy (non-hydrogen) atoms. The summed E-state index contributed by atoms with van der Waals surface area (Å²) < 4.78 is 10.6.